The molecule has 0 bridgehead atoms. The summed E-state index contributed by atoms with van der Waals surface area (Å²) in [4.78, 5) is 0. The molecule has 100 valence electrons. The van der Waals surface area contributed by atoms with Crippen molar-refractivity contribution >= 4 is 23.5 Å². The molecule has 1 aliphatic carbocycles. The van der Waals surface area contributed by atoms with Crippen molar-refractivity contribution in [3.63, 3.8) is 0 Å². The molecule has 2 nitrogen and oxygen atoms in total. The van der Waals surface area contributed by atoms with Crippen LogP contribution in [0.25, 0.3) is 0 Å². The minimum atomic E-state index is 0.530. The zero-order chi connectivity index (χ0) is 12.3. The van der Waals surface area contributed by atoms with Gasteiger partial charge in [0.15, 0.2) is 0 Å². The summed E-state index contributed by atoms with van der Waals surface area (Å²) in [7, 11) is 0. The Labute approximate surface area is 114 Å². The van der Waals surface area contributed by atoms with Crippen LogP contribution in [-0.4, -0.2) is 27.5 Å². The second kappa shape index (κ2) is 6.69. The second-order valence-electron chi connectivity index (χ2n) is 5.51. The highest BCUT2D eigenvalue weighted by Gasteiger charge is 2.35. The van der Waals surface area contributed by atoms with Gasteiger partial charge in [0.1, 0.15) is 0 Å². The lowest BCUT2D eigenvalue weighted by molar-refractivity contribution is 0.269. The fourth-order valence-electron chi connectivity index (χ4n) is 3.04. The van der Waals surface area contributed by atoms with E-state index >= 15 is 0 Å². The Kier molecular flexibility index (Phi) is 5.52. The first-order valence-corrected chi connectivity index (χ1v) is 8.94. The molecular formula is C13H26N2S2. The molecule has 2 fully saturated rings. The van der Waals surface area contributed by atoms with Gasteiger partial charge in [-0.1, -0.05) is 33.1 Å². The lowest BCUT2D eigenvalue weighted by Crippen LogP contribution is -2.51. The van der Waals surface area contributed by atoms with Crippen molar-refractivity contribution in [3.05, 3.63) is 0 Å². The third-order valence-corrected chi connectivity index (χ3v) is 7.84. The third kappa shape index (κ3) is 3.55. The standard InChI is InChI=1S/C13H26N2S2/c1-9-10(2)17-12(8-16-9)13(15-14)11-6-4-3-5-7-11/h9-13,15H,3-8,14H2,1-2H3. The molecule has 1 saturated carbocycles. The number of rotatable bonds is 3. The van der Waals surface area contributed by atoms with Gasteiger partial charge in [0.2, 0.25) is 0 Å². The van der Waals surface area contributed by atoms with E-state index in [4.69, 9.17) is 5.84 Å². The molecular weight excluding hydrogens is 248 g/mol. The Morgan fingerprint density at radius 3 is 2.41 bits per heavy atom. The molecule has 0 aromatic rings. The summed E-state index contributed by atoms with van der Waals surface area (Å²) in [5, 5.41) is 2.26. The van der Waals surface area contributed by atoms with E-state index in [1.165, 1.54) is 37.9 Å². The van der Waals surface area contributed by atoms with Gasteiger partial charge in [0, 0.05) is 27.5 Å². The predicted molar refractivity (Wildman–Crippen MR) is 80.4 cm³/mol. The van der Waals surface area contributed by atoms with Crippen molar-refractivity contribution in [3.8, 4) is 0 Å². The van der Waals surface area contributed by atoms with E-state index in [1.54, 1.807) is 0 Å². The van der Waals surface area contributed by atoms with Gasteiger partial charge in [0.05, 0.1) is 0 Å². The Morgan fingerprint density at radius 2 is 1.82 bits per heavy atom. The molecule has 4 atom stereocenters. The van der Waals surface area contributed by atoms with Gasteiger partial charge >= 0.3 is 0 Å². The van der Waals surface area contributed by atoms with Crippen LogP contribution in [0.5, 0.6) is 0 Å². The summed E-state index contributed by atoms with van der Waals surface area (Å²) < 4.78 is 0. The number of nitrogens with one attached hydrogen (secondary N) is 1. The first-order chi connectivity index (χ1) is 8.22. The third-order valence-electron chi connectivity index (χ3n) is 4.32. The maximum atomic E-state index is 5.84. The molecule has 1 saturated heterocycles. The van der Waals surface area contributed by atoms with E-state index < -0.39 is 0 Å². The average Bonchev–Trinajstić information content (AvgIpc) is 2.36. The van der Waals surface area contributed by atoms with Crippen molar-refractivity contribution in [2.24, 2.45) is 11.8 Å². The SMILES string of the molecule is CC1SCC(C(NN)C2CCCCC2)SC1C. The van der Waals surface area contributed by atoms with E-state index in [2.05, 4.69) is 42.8 Å². The van der Waals surface area contributed by atoms with Crippen molar-refractivity contribution < 1.29 is 0 Å². The van der Waals surface area contributed by atoms with Crippen LogP contribution < -0.4 is 11.3 Å². The van der Waals surface area contributed by atoms with Crippen molar-refractivity contribution in [1.29, 1.82) is 0 Å². The van der Waals surface area contributed by atoms with Gasteiger partial charge in [-0.05, 0) is 18.8 Å². The molecule has 3 N–H and O–H groups in total. The first-order valence-electron chi connectivity index (χ1n) is 6.95. The van der Waals surface area contributed by atoms with Crippen LogP contribution in [-0.2, 0) is 0 Å². The highest BCUT2D eigenvalue weighted by Crippen LogP contribution is 2.40. The van der Waals surface area contributed by atoms with Gasteiger partial charge in [-0.3, -0.25) is 11.3 Å². The Bertz CT molecular complexity index is 231. The molecule has 2 rings (SSSR count). The molecule has 17 heavy (non-hydrogen) atoms. The summed E-state index contributed by atoms with van der Waals surface area (Å²) in [6.45, 7) is 4.72. The zero-order valence-corrected chi connectivity index (χ0v) is 12.7. The maximum absolute atomic E-state index is 5.84. The molecule has 1 heterocycles. The minimum Gasteiger partial charge on any atom is -0.271 e. The smallest absolute Gasteiger partial charge is 0.0365 e. The van der Waals surface area contributed by atoms with E-state index in [9.17, 15) is 0 Å². The number of nitrogens with two attached hydrogens (primary N) is 1. The second-order valence-corrected chi connectivity index (χ2v) is 8.54. The zero-order valence-electron chi connectivity index (χ0n) is 11.0. The van der Waals surface area contributed by atoms with Crippen LogP contribution in [0.3, 0.4) is 0 Å². The van der Waals surface area contributed by atoms with Gasteiger partial charge in [0.25, 0.3) is 0 Å². The Balaban J connectivity index is 1.93. The summed E-state index contributed by atoms with van der Waals surface area (Å²) in [6, 6.07) is 0.530. The van der Waals surface area contributed by atoms with Gasteiger partial charge < -0.3 is 0 Å². The van der Waals surface area contributed by atoms with E-state index in [0.29, 0.717) is 11.3 Å². The molecule has 1 aliphatic heterocycles. The molecule has 0 aromatic carbocycles. The number of hydrogen-bond donors (Lipinski definition) is 2. The van der Waals surface area contributed by atoms with Crippen LogP contribution in [0.15, 0.2) is 0 Å². The normalized spacial score (nSPS) is 37.9. The fourth-order valence-corrected chi connectivity index (χ4v) is 6.23. The molecule has 0 radical (unpaired) electrons. The Morgan fingerprint density at radius 1 is 1.12 bits per heavy atom. The molecule has 0 spiro atoms. The van der Waals surface area contributed by atoms with Crippen LogP contribution >= 0.6 is 23.5 Å². The largest absolute Gasteiger partial charge is 0.271 e. The topological polar surface area (TPSA) is 38.0 Å². The van der Waals surface area contributed by atoms with Crippen molar-refractivity contribution in [2.45, 2.75) is 67.7 Å². The van der Waals surface area contributed by atoms with Gasteiger partial charge in [-0.25, -0.2) is 0 Å². The van der Waals surface area contributed by atoms with E-state index in [0.717, 1.165) is 16.4 Å². The number of thioether (sulfide) groups is 2. The molecule has 4 heteroatoms. The highest BCUT2D eigenvalue weighted by molar-refractivity contribution is 8.07. The van der Waals surface area contributed by atoms with Crippen molar-refractivity contribution in [2.75, 3.05) is 5.75 Å². The van der Waals surface area contributed by atoms with Gasteiger partial charge in [-0.2, -0.15) is 23.5 Å². The molecule has 0 aromatic heterocycles. The summed E-state index contributed by atoms with van der Waals surface area (Å²) in [5.41, 5.74) is 3.14. The molecule has 4 unspecified atom stereocenters. The van der Waals surface area contributed by atoms with Gasteiger partial charge in [-0.15, -0.1) is 0 Å². The van der Waals surface area contributed by atoms with E-state index in [-0.39, 0.29) is 0 Å². The number of hydrogen-bond acceptors (Lipinski definition) is 4. The molecule has 2 aliphatic rings. The van der Waals surface area contributed by atoms with Crippen LogP contribution in [0.4, 0.5) is 0 Å². The van der Waals surface area contributed by atoms with Crippen LogP contribution in [0, 0.1) is 5.92 Å². The Hall–Kier alpha value is 0.620. The van der Waals surface area contributed by atoms with E-state index in [1.807, 2.05) is 0 Å². The molecule has 0 amide bonds. The summed E-state index contributed by atoms with van der Waals surface area (Å²) in [5.74, 6) is 7.92. The van der Waals surface area contributed by atoms with Crippen molar-refractivity contribution in [1.82, 2.24) is 5.43 Å². The predicted octanol–water partition coefficient (Wildman–Crippen LogP) is 3.02. The summed E-state index contributed by atoms with van der Waals surface area (Å²) >= 11 is 4.28. The average molecular weight is 274 g/mol. The minimum absolute atomic E-state index is 0.530. The summed E-state index contributed by atoms with van der Waals surface area (Å²) in [6.07, 6.45) is 6.98. The lowest BCUT2D eigenvalue weighted by Gasteiger charge is -2.40. The number of hydrazine groups is 1. The fraction of sp³-hybridized carbons (Fsp3) is 1.00. The lowest BCUT2D eigenvalue weighted by atomic mass is 9.83. The highest BCUT2D eigenvalue weighted by atomic mass is 32.2. The quantitative estimate of drug-likeness (QED) is 0.613. The maximum Gasteiger partial charge on any atom is 0.0365 e. The van der Waals surface area contributed by atoms with Crippen LogP contribution in [0.1, 0.15) is 46.0 Å². The monoisotopic (exact) mass is 274 g/mol. The first kappa shape index (κ1) is 14.0. The van der Waals surface area contributed by atoms with Crippen LogP contribution in [0.2, 0.25) is 0 Å².